The summed E-state index contributed by atoms with van der Waals surface area (Å²) in [5.74, 6) is 0.683. The van der Waals surface area contributed by atoms with Crippen molar-refractivity contribution in [3.05, 3.63) is 65.1 Å². The molecule has 1 aromatic heterocycles. The smallest absolute Gasteiger partial charge is 0.255 e. The molecule has 3 aromatic rings. The van der Waals surface area contributed by atoms with Gasteiger partial charge in [-0.1, -0.05) is 23.7 Å². The van der Waals surface area contributed by atoms with Crippen molar-refractivity contribution >= 4 is 33.0 Å². The number of amides is 1. The molecule has 0 bridgehead atoms. The van der Waals surface area contributed by atoms with Gasteiger partial charge in [-0.25, -0.2) is 13.4 Å². The number of benzene rings is 2. The predicted molar refractivity (Wildman–Crippen MR) is 113 cm³/mol. The van der Waals surface area contributed by atoms with Gasteiger partial charge in [0.25, 0.3) is 5.91 Å². The molecule has 0 saturated carbocycles. The van der Waals surface area contributed by atoms with Crippen molar-refractivity contribution in [2.45, 2.75) is 30.7 Å². The van der Waals surface area contributed by atoms with Crippen LogP contribution < -0.4 is 5.32 Å². The third-order valence-corrected chi connectivity index (χ3v) is 6.50. The fourth-order valence-electron chi connectivity index (χ4n) is 3.44. The Bertz CT molecular complexity index is 1180. The average molecular weight is 430 g/mol. The Morgan fingerprint density at radius 3 is 2.76 bits per heavy atom. The van der Waals surface area contributed by atoms with Crippen LogP contribution in [0.15, 0.2) is 53.6 Å². The van der Waals surface area contributed by atoms with Gasteiger partial charge in [0.05, 0.1) is 15.6 Å². The average Bonchev–Trinajstić information content (AvgIpc) is 3.12. The van der Waals surface area contributed by atoms with Crippen LogP contribution in [-0.2, 0) is 22.8 Å². The number of nitrogens with zero attached hydrogens (tertiary/aromatic N) is 2. The number of carbonyl (C=O) groups excluding carboxylic acids is 1. The first-order valence-electron chi connectivity index (χ1n) is 9.29. The summed E-state index contributed by atoms with van der Waals surface area (Å²) in [5, 5.41) is 2.91. The van der Waals surface area contributed by atoms with Crippen molar-refractivity contribution in [1.82, 2.24) is 9.55 Å². The van der Waals surface area contributed by atoms with Crippen LogP contribution in [0.3, 0.4) is 0 Å². The minimum atomic E-state index is -3.53. The molecule has 1 amide bonds. The van der Waals surface area contributed by atoms with Gasteiger partial charge in [0, 0.05) is 42.2 Å². The Morgan fingerprint density at radius 1 is 1.17 bits per heavy atom. The van der Waals surface area contributed by atoms with Crippen molar-refractivity contribution in [2.24, 2.45) is 0 Å². The SMILES string of the molecule is CS(=O)(=O)c1cc(C(=O)Nc2cccc(-c3cn4c(n3)CCCC4)c2)ccc1Cl. The molecule has 4 rings (SSSR count). The number of anilines is 1. The Hall–Kier alpha value is -2.64. The number of rotatable bonds is 4. The second-order valence-electron chi connectivity index (χ2n) is 7.15. The van der Waals surface area contributed by atoms with E-state index in [-0.39, 0.29) is 15.5 Å². The number of imidazole rings is 1. The summed E-state index contributed by atoms with van der Waals surface area (Å²) < 4.78 is 25.9. The zero-order chi connectivity index (χ0) is 20.6. The Labute approximate surface area is 174 Å². The lowest BCUT2D eigenvalue weighted by atomic mass is 10.1. The normalized spacial score (nSPS) is 13.7. The second kappa shape index (κ2) is 7.65. The highest BCUT2D eigenvalue weighted by Gasteiger charge is 2.17. The second-order valence-corrected chi connectivity index (χ2v) is 9.54. The van der Waals surface area contributed by atoms with Crippen LogP contribution in [0.25, 0.3) is 11.3 Å². The molecule has 150 valence electrons. The van der Waals surface area contributed by atoms with E-state index in [9.17, 15) is 13.2 Å². The molecule has 0 radical (unpaired) electrons. The number of fused-ring (bicyclic) bond motifs is 1. The predicted octanol–water partition coefficient (Wildman–Crippen LogP) is 4.20. The minimum Gasteiger partial charge on any atom is -0.334 e. The molecule has 8 heteroatoms. The lowest BCUT2D eigenvalue weighted by Crippen LogP contribution is -2.13. The van der Waals surface area contributed by atoms with Crippen LogP contribution in [0.5, 0.6) is 0 Å². The number of halogens is 1. The maximum Gasteiger partial charge on any atom is 0.255 e. The largest absolute Gasteiger partial charge is 0.334 e. The molecule has 29 heavy (non-hydrogen) atoms. The van der Waals surface area contributed by atoms with E-state index in [0.717, 1.165) is 49.1 Å². The van der Waals surface area contributed by atoms with Gasteiger partial charge in [-0.15, -0.1) is 0 Å². The molecule has 6 nitrogen and oxygen atoms in total. The quantitative estimate of drug-likeness (QED) is 0.674. The lowest BCUT2D eigenvalue weighted by Gasteiger charge is -2.11. The number of hydrogen-bond acceptors (Lipinski definition) is 4. The van der Waals surface area contributed by atoms with Gasteiger partial charge in [-0.05, 0) is 43.2 Å². The van der Waals surface area contributed by atoms with Crippen LogP contribution >= 0.6 is 11.6 Å². The van der Waals surface area contributed by atoms with E-state index in [1.165, 1.54) is 18.2 Å². The van der Waals surface area contributed by atoms with E-state index in [1.54, 1.807) is 6.07 Å². The number of aromatic nitrogens is 2. The Morgan fingerprint density at radius 2 is 2.00 bits per heavy atom. The molecular weight excluding hydrogens is 410 g/mol. The molecule has 0 aliphatic carbocycles. The summed E-state index contributed by atoms with van der Waals surface area (Å²) in [6.07, 6.45) is 6.41. The highest BCUT2D eigenvalue weighted by atomic mass is 35.5. The summed E-state index contributed by atoms with van der Waals surface area (Å²) in [5.41, 5.74) is 2.62. The number of hydrogen-bond donors (Lipinski definition) is 1. The summed E-state index contributed by atoms with van der Waals surface area (Å²) in [7, 11) is -3.53. The molecule has 0 fully saturated rings. The van der Waals surface area contributed by atoms with E-state index in [0.29, 0.717) is 5.69 Å². The first-order chi connectivity index (χ1) is 13.8. The van der Waals surface area contributed by atoms with Gasteiger partial charge < -0.3 is 9.88 Å². The van der Waals surface area contributed by atoms with Crippen molar-refractivity contribution in [3.8, 4) is 11.3 Å². The number of nitrogens with one attached hydrogen (secondary N) is 1. The zero-order valence-electron chi connectivity index (χ0n) is 15.9. The Kier molecular flexibility index (Phi) is 5.19. The van der Waals surface area contributed by atoms with E-state index >= 15 is 0 Å². The van der Waals surface area contributed by atoms with Gasteiger partial charge in [-0.3, -0.25) is 4.79 Å². The number of carbonyl (C=O) groups is 1. The summed E-state index contributed by atoms with van der Waals surface area (Å²) in [6.45, 7) is 0.984. The molecule has 0 saturated heterocycles. The van der Waals surface area contributed by atoms with Gasteiger partial charge in [0.2, 0.25) is 0 Å². The van der Waals surface area contributed by atoms with Gasteiger partial charge in [0.15, 0.2) is 9.84 Å². The van der Waals surface area contributed by atoms with Crippen LogP contribution in [0.4, 0.5) is 5.69 Å². The molecule has 0 atom stereocenters. The van der Waals surface area contributed by atoms with Crippen molar-refractivity contribution in [2.75, 3.05) is 11.6 Å². The van der Waals surface area contributed by atoms with E-state index in [2.05, 4.69) is 9.88 Å². The highest BCUT2D eigenvalue weighted by Crippen LogP contribution is 2.26. The molecule has 1 N–H and O–H groups in total. The summed E-state index contributed by atoms with van der Waals surface area (Å²) >= 11 is 5.96. The molecule has 0 spiro atoms. The van der Waals surface area contributed by atoms with Crippen molar-refractivity contribution < 1.29 is 13.2 Å². The number of aryl methyl sites for hydroxylation is 2. The molecular formula is C21H20ClN3O3S. The Balaban J connectivity index is 1.58. The van der Waals surface area contributed by atoms with Crippen LogP contribution in [0.2, 0.25) is 5.02 Å². The molecule has 2 aromatic carbocycles. The van der Waals surface area contributed by atoms with E-state index < -0.39 is 15.7 Å². The first kappa shape index (κ1) is 19.7. The maximum absolute atomic E-state index is 12.6. The van der Waals surface area contributed by atoms with Crippen molar-refractivity contribution in [1.29, 1.82) is 0 Å². The van der Waals surface area contributed by atoms with Gasteiger partial charge in [-0.2, -0.15) is 0 Å². The molecule has 0 unspecified atom stereocenters. The first-order valence-corrected chi connectivity index (χ1v) is 11.6. The van der Waals surface area contributed by atoms with Gasteiger partial charge >= 0.3 is 0 Å². The number of sulfone groups is 1. The molecule has 1 aliphatic rings. The monoisotopic (exact) mass is 429 g/mol. The molecule has 1 aliphatic heterocycles. The van der Waals surface area contributed by atoms with Crippen LogP contribution in [0.1, 0.15) is 29.0 Å². The van der Waals surface area contributed by atoms with Crippen molar-refractivity contribution in [3.63, 3.8) is 0 Å². The lowest BCUT2D eigenvalue weighted by molar-refractivity contribution is 0.102. The zero-order valence-corrected chi connectivity index (χ0v) is 17.4. The van der Waals surface area contributed by atoms with Gasteiger partial charge in [0.1, 0.15) is 5.82 Å². The van der Waals surface area contributed by atoms with E-state index in [1.807, 2.05) is 24.4 Å². The molecule has 2 heterocycles. The maximum atomic E-state index is 12.6. The third-order valence-electron chi connectivity index (χ3n) is 4.92. The fourth-order valence-corrected chi connectivity index (χ4v) is 4.74. The highest BCUT2D eigenvalue weighted by molar-refractivity contribution is 7.90. The van der Waals surface area contributed by atoms with E-state index in [4.69, 9.17) is 16.6 Å². The van der Waals surface area contributed by atoms with Crippen LogP contribution in [-0.4, -0.2) is 30.1 Å². The summed E-state index contributed by atoms with van der Waals surface area (Å²) in [6, 6.07) is 11.7. The van der Waals surface area contributed by atoms with Crippen LogP contribution in [0, 0.1) is 0 Å². The fraction of sp³-hybridized carbons (Fsp3) is 0.238. The summed E-state index contributed by atoms with van der Waals surface area (Å²) in [4.78, 5) is 17.3. The topological polar surface area (TPSA) is 81.1 Å². The third kappa shape index (κ3) is 4.21. The minimum absolute atomic E-state index is 0.0656. The standard InChI is InChI=1S/C21H20ClN3O3S/c1-29(27,28)19-12-15(8-9-17(19)22)21(26)23-16-6-4-5-14(11-16)18-13-25-10-3-2-7-20(25)24-18/h4-6,8-9,11-13H,2-3,7,10H2,1H3,(H,23,26).